The summed E-state index contributed by atoms with van der Waals surface area (Å²) < 4.78 is 29.7. The van der Waals surface area contributed by atoms with Crippen LogP contribution in [0.2, 0.25) is 0 Å². The zero-order chi connectivity index (χ0) is 21.6. The molecule has 0 radical (unpaired) electrons. The predicted octanol–water partition coefficient (Wildman–Crippen LogP) is 2.60. The number of thioether (sulfide) groups is 1. The van der Waals surface area contributed by atoms with Gasteiger partial charge in [-0.15, -0.1) is 23.1 Å². The summed E-state index contributed by atoms with van der Waals surface area (Å²) in [7, 11) is -4.02. The van der Waals surface area contributed by atoms with E-state index in [9.17, 15) is 18.5 Å². The van der Waals surface area contributed by atoms with E-state index in [0.717, 1.165) is 37.9 Å². The van der Waals surface area contributed by atoms with Crippen molar-refractivity contribution >= 4 is 44.5 Å². The van der Waals surface area contributed by atoms with Crippen LogP contribution < -0.4 is 10.5 Å². The number of nitro groups is 1. The molecule has 0 aliphatic carbocycles. The van der Waals surface area contributed by atoms with Gasteiger partial charge in [0.1, 0.15) is 5.69 Å². The van der Waals surface area contributed by atoms with Crippen LogP contribution in [0.25, 0.3) is 0 Å². The molecule has 0 unspecified atom stereocenters. The Morgan fingerprint density at radius 3 is 2.73 bits per heavy atom. The van der Waals surface area contributed by atoms with Crippen molar-refractivity contribution in [2.45, 2.75) is 21.6 Å². The minimum Gasteiger partial charge on any atom is -0.379 e. The summed E-state index contributed by atoms with van der Waals surface area (Å²) in [5.41, 5.74) is -0.0230. The summed E-state index contributed by atoms with van der Waals surface area (Å²) in [5.74, 6) is 0.721. The molecule has 0 amide bonds. The number of ether oxygens (including phenoxy) is 1. The van der Waals surface area contributed by atoms with E-state index in [1.165, 1.54) is 16.3 Å². The van der Waals surface area contributed by atoms with Crippen LogP contribution in [0.4, 0.5) is 11.4 Å². The highest BCUT2D eigenvalue weighted by Crippen LogP contribution is 2.30. The Hall–Kier alpha value is -1.70. The van der Waals surface area contributed by atoms with Gasteiger partial charge in [-0.25, -0.2) is 13.6 Å². The number of hydrogen-bond donors (Lipinski definition) is 2. The first-order chi connectivity index (χ1) is 14.3. The molecule has 0 spiro atoms. The van der Waals surface area contributed by atoms with Crippen molar-refractivity contribution in [1.29, 1.82) is 0 Å². The molecule has 3 rings (SSSR count). The van der Waals surface area contributed by atoms with Crippen LogP contribution >= 0.6 is 23.1 Å². The number of nitrogens with two attached hydrogens (primary N) is 1. The Bertz CT molecular complexity index is 947. The lowest BCUT2D eigenvalue weighted by molar-refractivity contribution is -0.384. The molecule has 1 aromatic carbocycles. The molecule has 1 atom stereocenters. The fourth-order valence-corrected chi connectivity index (χ4v) is 5.49. The normalized spacial score (nSPS) is 16.3. The van der Waals surface area contributed by atoms with Crippen molar-refractivity contribution in [2.24, 2.45) is 5.14 Å². The monoisotopic (exact) mass is 472 g/mol. The molecule has 9 nitrogen and oxygen atoms in total. The van der Waals surface area contributed by atoms with E-state index >= 15 is 0 Å². The summed E-state index contributed by atoms with van der Waals surface area (Å²) in [6.45, 7) is 4.00. The van der Waals surface area contributed by atoms with Crippen LogP contribution in [0, 0.1) is 10.1 Å². The summed E-state index contributed by atoms with van der Waals surface area (Å²) in [6, 6.07) is 7.69. The second-order valence-corrected chi connectivity index (χ2v) is 10.6. The fourth-order valence-electron chi connectivity index (χ4n) is 3.07. The Labute approximate surface area is 183 Å². The van der Waals surface area contributed by atoms with Crippen LogP contribution in [-0.2, 0) is 14.8 Å². The molecule has 0 saturated carbocycles. The van der Waals surface area contributed by atoms with Gasteiger partial charge in [-0.1, -0.05) is 6.07 Å². The minimum atomic E-state index is -4.02. The third-order valence-electron chi connectivity index (χ3n) is 4.67. The number of hydrogen-bond acceptors (Lipinski definition) is 9. The van der Waals surface area contributed by atoms with Crippen molar-refractivity contribution in [3.63, 3.8) is 0 Å². The van der Waals surface area contributed by atoms with Gasteiger partial charge in [-0.2, -0.15) is 0 Å². The smallest absolute Gasteiger partial charge is 0.293 e. The van der Waals surface area contributed by atoms with E-state index in [0.29, 0.717) is 13.2 Å². The molecule has 2 aromatic rings. The second-order valence-electron chi connectivity index (χ2n) is 6.81. The Morgan fingerprint density at radius 1 is 1.33 bits per heavy atom. The molecule has 2 heterocycles. The van der Waals surface area contributed by atoms with Crippen molar-refractivity contribution < 1.29 is 18.1 Å². The largest absolute Gasteiger partial charge is 0.379 e. The number of morpholine rings is 1. The van der Waals surface area contributed by atoms with E-state index in [1.807, 2.05) is 17.5 Å². The van der Waals surface area contributed by atoms with Crippen molar-refractivity contribution in [1.82, 2.24) is 4.90 Å². The summed E-state index contributed by atoms with van der Waals surface area (Å²) in [5, 5.41) is 21.9. The molecule has 1 fully saturated rings. The van der Waals surface area contributed by atoms with Crippen LogP contribution in [0.15, 0.2) is 44.8 Å². The molecule has 3 N–H and O–H groups in total. The quantitative estimate of drug-likeness (QED) is 0.307. The first-order valence-electron chi connectivity index (χ1n) is 9.37. The standard InChI is InChI=1S/C18H24N4O5S3/c19-30(25,26)15-3-4-16(17(12-15)22(23)24)20-14(13-29-18-2-1-11-28-18)5-6-21-7-9-27-10-8-21/h1-4,11-12,14,20H,5-10,13H2,(H2,19,25,26)/t14-/m1/s1. The van der Waals surface area contributed by atoms with Gasteiger partial charge < -0.3 is 10.1 Å². The number of thiophene rings is 1. The summed E-state index contributed by atoms with van der Waals surface area (Å²) in [4.78, 5) is 13.0. The molecule has 1 aliphatic rings. The van der Waals surface area contributed by atoms with Crippen LogP contribution in [0.1, 0.15) is 6.42 Å². The maximum absolute atomic E-state index is 11.6. The van der Waals surface area contributed by atoms with Crippen molar-refractivity contribution in [3.8, 4) is 0 Å². The van der Waals surface area contributed by atoms with Crippen LogP contribution in [-0.4, -0.2) is 62.9 Å². The zero-order valence-corrected chi connectivity index (χ0v) is 18.7. The molecule has 12 heteroatoms. The van der Waals surface area contributed by atoms with Gasteiger partial charge >= 0.3 is 0 Å². The number of rotatable bonds is 10. The zero-order valence-electron chi connectivity index (χ0n) is 16.2. The first kappa shape index (κ1) is 23.0. The lowest BCUT2D eigenvalue weighted by Crippen LogP contribution is -2.39. The van der Waals surface area contributed by atoms with Crippen molar-refractivity contribution in [2.75, 3.05) is 43.9 Å². The van der Waals surface area contributed by atoms with E-state index in [-0.39, 0.29) is 22.3 Å². The average molecular weight is 473 g/mol. The summed E-state index contributed by atoms with van der Waals surface area (Å²) in [6.07, 6.45) is 0.784. The molecule has 1 saturated heterocycles. The lowest BCUT2D eigenvalue weighted by atomic mass is 10.2. The number of sulfonamides is 1. The Kier molecular flexibility index (Phi) is 8.08. The molecule has 164 valence electrons. The lowest BCUT2D eigenvalue weighted by Gasteiger charge is -2.28. The second kappa shape index (κ2) is 10.6. The van der Waals surface area contributed by atoms with Crippen molar-refractivity contribution in [3.05, 3.63) is 45.8 Å². The average Bonchev–Trinajstić information content (AvgIpc) is 3.23. The van der Waals surface area contributed by atoms with E-state index in [4.69, 9.17) is 9.88 Å². The van der Waals surface area contributed by atoms with E-state index in [2.05, 4.69) is 10.2 Å². The fraction of sp³-hybridized carbons (Fsp3) is 0.444. The highest BCUT2D eigenvalue weighted by atomic mass is 32.2. The Balaban J connectivity index is 1.75. The topological polar surface area (TPSA) is 128 Å². The molecule has 30 heavy (non-hydrogen) atoms. The third kappa shape index (κ3) is 6.65. The maximum Gasteiger partial charge on any atom is 0.293 e. The third-order valence-corrected chi connectivity index (χ3v) is 7.88. The van der Waals surface area contributed by atoms with Crippen LogP contribution in [0.5, 0.6) is 0 Å². The number of nitro benzene ring substituents is 1. The van der Waals surface area contributed by atoms with Gasteiger partial charge in [-0.05, 0) is 30.0 Å². The van der Waals surface area contributed by atoms with Gasteiger partial charge in [-0.3, -0.25) is 15.0 Å². The molecule has 1 aliphatic heterocycles. The predicted molar refractivity (Wildman–Crippen MR) is 119 cm³/mol. The highest BCUT2D eigenvalue weighted by Gasteiger charge is 2.22. The Morgan fingerprint density at radius 2 is 2.10 bits per heavy atom. The van der Waals surface area contributed by atoms with Crippen LogP contribution in [0.3, 0.4) is 0 Å². The molecule has 1 aromatic heterocycles. The van der Waals surface area contributed by atoms with Gasteiger partial charge in [0.05, 0.1) is 27.2 Å². The number of anilines is 1. The van der Waals surface area contributed by atoms with Gasteiger partial charge in [0.25, 0.3) is 5.69 Å². The number of benzene rings is 1. The SMILES string of the molecule is NS(=O)(=O)c1ccc(N[C@H](CCN2CCOCC2)CSc2cccs2)c([N+](=O)[O-])c1. The minimum absolute atomic E-state index is 0.0426. The number of nitrogens with zero attached hydrogens (tertiary/aromatic N) is 2. The van der Waals surface area contributed by atoms with E-state index in [1.54, 1.807) is 23.1 Å². The first-order valence-corrected chi connectivity index (χ1v) is 12.8. The van der Waals surface area contributed by atoms with Gasteiger partial charge in [0.2, 0.25) is 10.0 Å². The van der Waals surface area contributed by atoms with Gasteiger partial charge in [0, 0.05) is 37.5 Å². The van der Waals surface area contributed by atoms with Gasteiger partial charge in [0.15, 0.2) is 0 Å². The highest BCUT2D eigenvalue weighted by molar-refractivity contribution is 8.01. The molecule has 0 bridgehead atoms. The maximum atomic E-state index is 11.6. The summed E-state index contributed by atoms with van der Waals surface area (Å²) >= 11 is 3.34. The number of nitrogens with one attached hydrogen (secondary N) is 1. The number of primary sulfonamides is 1. The molecular formula is C18H24N4O5S3. The molecular weight excluding hydrogens is 448 g/mol. The van der Waals surface area contributed by atoms with E-state index < -0.39 is 14.9 Å².